The fourth-order valence-electron chi connectivity index (χ4n) is 1.46. The minimum atomic E-state index is -0.741. The lowest BCUT2D eigenvalue weighted by atomic mass is 10.1. The zero-order chi connectivity index (χ0) is 13.7. The molecule has 1 heterocycles. The number of pyridine rings is 1. The SMILES string of the molecule is O=CC(=O)c1ccccc1OC(=O)c1cccnc1. The number of Topliss-reactive ketones (excluding diaryl/α,β-unsaturated/α-hetero) is 1. The molecule has 0 radical (unpaired) electrons. The first-order chi connectivity index (χ1) is 9.22. The highest BCUT2D eigenvalue weighted by molar-refractivity contribution is 6.34. The van der Waals surface area contributed by atoms with Gasteiger partial charge in [0, 0.05) is 12.4 Å². The number of aldehydes is 1. The van der Waals surface area contributed by atoms with Crippen molar-refractivity contribution in [2.24, 2.45) is 0 Å². The fourth-order valence-corrected chi connectivity index (χ4v) is 1.46. The van der Waals surface area contributed by atoms with Gasteiger partial charge >= 0.3 is 5.97 Å². The summed E-state index contributed by atoms with van der Waals surface area (Å²) >= 11 is 0. The molecule has 0 unspecified atom stereocenters. The number of hydrogen-bond acceptors (Lipinski definition) is 5. The van der Waals surface area contributed by atoms with E-state index < -0.39 is 11.8 Å². The van der Waals surface area contributed by atoms with Crippen LogP contribution in [-0.2, 0) is 4.79 Å². The van der Waals surface area contributed by atoms with Crippen LogP contribution in [-0.4, -0.2) is 23.0 Å². The number of hydrogen-bond donors (Lipinski definition) is 0. The quantitative estimate of drug-likeness (QED) is 0.273. The normalized spacial score (nSPS) is 9.68. The first-order valence-corrected chi connectivity index (χ1v) is 5.43. The summed E-state index contributed by atoms with van der Waals surface area (Å²) in [4.78, 5) is 37.5. The van der Waals surface area contributed by atoms with Crippen molar-refractivity contribution in [3.05, 3.63) is 59.9 Å². The maximum atomic E-state index is 11.8. The van der Waals surface area contributed by atoms with Gasteiger partial charge in [0.05, 0.1) is 11.1 Å². The summed E-state index contributed by atoms with van der Waals surface area (Å²) in [6.45, 7) is 0. The predicted molar refractivity (Wildman–Crippen MR) is 66.0 cm³/mol. The van der Waals surface area contributed by atoms with Crippen molar-refractivity contribution in [2.75, 3.05) is 0 Å². The second kappa shape index (κ2) is 5.68. The van der Waals surface area contributed by atoms with Crippen molar-refractivity contribution in [1.29, 1.82) is 0 Å². The lowest BCUT2D eigenvalue weighted by molar-refractivity contribution is -0.104. The Morgan fingerprint density at radius 1 is 1.11 bits per heavy atom. The number of carbonyl (C=O) groups excluding carboxylic acids is 3. The van der Waals surface area contributed by atoms with E-state index >= 15 is 0 Å². The Hall–Kier alpha value is -2.82. The molecule has 0 N–H and O–H groups in total. The molecule has 2 rings (SSSR count). The van der Waals surface area contributed by atoms with Gasteiger partial charge in [-0.15, -0.1) is 0 Å². The Kier molecular flexibility index (Phi) is 3.78. The maximum Gasteiger partial charge on any atom is 0.345 e. The summed E-state index contributed by atoms with van der Waals surface area (Å²) in [7, 11) is 0. The second-order valence-corrected chi connectivity index (χ2v) is 3.61. The van der Waals surface area contributed by atoms with Crippen LogP contribution in [0.3, 0.4) is 0 Å². The highest BCUT2D eigenvalue weighted by Crippen LogP contribution is 2.19. The van der Waals surface area contributed by atoms with E-state index in [1.54, 1.807) is 24.3 Å². The number of esters is 1. The molecule has 19 heavy (non-hydrogen) atoms. The Labute approximate surface area is 108 Å². The van der Waals surface area contributed by atoms with Crippen LogP contribution in [0.5, 0.6) is 5.75 Å². The second-order valence-electron chi connectivity index (χ2n) is 3.61. The molecule has 0 aliphatic heterocycles. The van der Waals surface area contributed by atoms with Crippen LogP contribution >= 0.6 is 0 Å². The Balaban J connectivity index is 2.27. The number of para-hydroxylation sites is 1. The average molecular weight is 255 g/mol. The van der Waals surface area contributed by atoms with Crippen LogP contribution in [0.1, 0.15) is 20.7 Å². The number of carbonyl (C=O) groups is 3. The highest BCUT2D eigenvalue weighted by Gasteiger charge is 2.15. The Bertz CT molecular complexity index is 622. The number of ketones is 1. The molecule has 5 nitrogen and oxygen atoms in total. The molecule has 1 aromatic heterocycles. The Morgan fingerprint density at radius 3 is 2.58 bits per heavy atom. The molecule has 0 spiro atoms. The molecule has 94 valence electrons. The van der Waals surface area contributed by atoms with Crippen LogP contribution in [0.4, 0.5) is 0 Å². The highest BCUT2D eigenvalue weighted by atomic mass is 16.5. The lowest BCUT2D eigenvalue weighted by Gasteiger charge is -2.06. The fraction of sp³-hybridized carbons (Fsp3) is 0. The molecule has 1 aromatic carbocycles. The number of ether oxygens (including phenoxy) is 1. The van der Waals surface area contributed by atoms with E-state index in [1.807, 2.05) is 0 Å². The average Bonchev–Trinajstić information content (AvgIpc) is 2.48. The summed E-state index contributed by atoms with van der Waals surface area (Å²) in [5.41, 5.74) is 0.311. The van der Waals surface area contributed by atoms with Crippen molar-refractivity contribution in [2.45, 2.75) is 0 Å². The first kappa shape index (κ1) is 12.6. The molecule has 0 bridgehead atoms. The van der Waals surface area contributed by atoms with Crippen molar-refractivity contribution in [3.8, 4) is 5.75 Å². The van der Waals surface area contributed by atoms with Crippen LogP contribution in [0.25, 0.3) is 0 Å². The molecule has 0 atom stereocenters. The summed E-state index contributed by atoms with van der Waals surface area (Å²) < 4.78 is 5.10. The van der Waals surface area contributed by atoms with E-state index in [1.165, 1.54) is 24.5 Å². The van der Waals surface area contributed by atoms with Crippen LogP contribution in [0.15, 0.2) is 48.8 Å². The van der Waals surface area contributed by atoms with Gasteiger partial charge in [-0.05, 0) is 24.3 Å². The summed E-state index contributed by atoms with van der Waals surface area (Å²) in [5.74, 6) is -1.33. The zero-order valence-corrected chi connectivity index (χ0v) is 9.78. The molecule has 0 aliphatic carbocycles. The van der Waals surface area contributed by atoms with Gasteiger partial charge in [0.1, 0.15) is 5.75 Å². The van der Waals surface area contributed by atoms with E-state index in [0.717, 1.165) is 0 Å². The van der Waals surface area contributed by atoms with Crippen molar-refractivity contribution in [1.82, 2.24) is 4.98 Å². The topological polar surface area (TPSA) is 73.3 Å². The summed E-state index contributed by atoms with van der Waals surface area (Å²) in [6, 6.07) is 9.19. The molecule has 0 aliphatic rings. The standard InChI is InChI=1S/C14H9NO4/c16-9-12(17)11-5-1-2-6-13(11)19-14(18)10-4-3-7-15-8-10/h1-9H. The number of aromatic nitrogens is 1. The largest absolute Gasteiger partial charge is 0.422 e. The van der Waals surface area contributed by atoms with E-state index in [4.69, 9.17) is 4.74 Å². The number of benzene rings is 1. The first-order valence-electron chi connectivity index (χ1n) is 5.43. The van der Waals surface area contributed by atoms with Crippen molar-refractivity contribution < 1.29 is 19.1 Å². The van der Waals surface area contributed by atoms with E-state index in [-0.39, 0.29) is 23.2 Å². The molecular formula is C14H9NO4. The van der Waals surface area contributed by atoms with Gasteiger partial charge < -0.3 is 4.74 Å². The lowest BCUT2D eigenvalue weighted by Crippen LogP contribution is -2.12. The molecular weight excluding hydrogens is 246 g/mol. The van der Waals surface area contributed by atoms with Gasteiger partial charge in [-0.25, -0.2) is 4.79 Å². The maximum absolute atomic E-state index is 11.8. The molecule has 0 fully saturated rings. The molecule has 0 saturated carbocycles. The minimum absolute atomic E-state index is 0.0495. The van der Waals surface area contributed by atoms with E-state index in [2.05, 4.69) is 4.98 Å². The van der Waals surface area contributed by atoms with Gasteiger partial charge in [0.25, 0.3) is 0 Å². The van der Waals surface area contributed by atoms with Gasteiger partial charge in [0.15, 0.2) is 6.29 Å². The molecule has 2 aromatic rings. The summed E-state index contributed by atoms with van der Waals surface area (Å²) in [6.07, 6.45) is 3.06. The molecule has 0 amide bonds. The Morgan fingerprint density at radius 2 is 1.89 bits per heavy atom. The third-order valence-corrected chi connectivity index (χ3v) is 2.36. The van der Waals surface area contributed by atoms with Gasteiger partial charge in [-0.1, -0.05) is 12.1 Å². The number of rotatable bonds is 4. The zero-order valence-electron chi connectivity index (χ0n) is 9.78. The summed E-state index contributed by atoms with van der Waals surface area (Å²) in [5, 5.41) is 0. The van der Waals surface area contributed by atoms with Crippen molar-refractivity contribution >= 4 is 18.0 Å². The predicted octanol–water partition coefficient (Wildman–Crippen LogP) is 1.68. The van der Waals surface area contributed by atoms with Gasteiger partial charge in [-0.3, -0.25) is 14.6 Å². The molecule has 5 heteroatoms. The smallest absolute Gasteiger partial charge is 0.345 e. The van der Waals surface area contributed by atoms with Gasteiger partial charge in [0.2, 0.25) is 5.78 Å². The van der Waals surface area contributed by atoms with E-state index in [0.29, 0.717) is 0 Å². The molecule has 0 saturated heterocycles. The van der Waals surface area contributed by atoms with Crippen LogP contribution in [0.2, 0.25) is 0 Å². The monoisotopic (exact) mass is 255 g/mol. The third-order valence-electron chi connectivity index (χ3n) is 2.36. The van der Waals surface area contributed by atoms with Crippen LogP contribution < -0.4 is 4.74 Å². The third kappa shape index (κ3) is 2.90. The minimum Gasteiger partial charge on any atom is -0.422 e. The number of nitrogens with zero attached hydrogens (tertiary/aromatic N) is 1. The van der Waals surface area contributed by atoms with Crippen LogP contribution in [0, 0.1) is 0 Å². The van der Waals surface area contributed by atoms with E-state index in [9.17, 15) is 14.4 Å². The van der Waals surface area contributed by atoms with Gasteiger partial charge in [-0.2, -0.15) is 0 Å². The van der Waals surface area contributed by atoms with Crippen molar-refractivity contribution in [3.63, 3.8) is 0 Å².